The lowest BCUT2D eigenvalue weighted by molar-refractivity contribution is -0.384. The Bertz CT molecular complexity index is 715. The standard InChI is InChI=1S/C15H9BrN2O2/c16-14-6-4-11(5-7-14)8-13(10-17)12-2-1-3-15(9-12)18(19)20/h1-9H. The van der Waals surface area contributed by atoms with Gasteiger partial charge in [-0.15, -0.1) is 0 Å². The van der Waals surface area contributed by atoms with Crippen LogP contribution in [0.3, 0.4) is 0 Å². The highest BCUT2D eigenvalue weighted by Crippen LogP contribution is 2.22. The number of allylic oxidation sites excluding steroid dienone is 1. The first-order valence-corrected chi connectivity index (χ1v) is 6.51. The summed E-state index contributed by atoms with van der Waals surface area (Å²) in [7, 11) is 0. The zero-order valence-corrected chi connectivity index (χ0v) is 11.9. The van der Waals surface area contributed by atoms with Crippen LogP contribution >= 0.6 is 15.9 Å². The Morgan fingerprint density at radius 1 is 1.25 bits per heavy atom. The van der Waals surface area contributed by atoms with Crippen LogP contribution < -0.4 is 0 Å². The second-order valence-electron chi connectivity index (χ2n) is 4.03. The Hall–Kier alpha value is -2.45. The van der Waals surface area contributed by atoms with E-state index >= 15 is 0 Å². The first-order valence-electron chi connectivity index (χ1n) is 5.72. The maximum atomic E-state index is 10.8. The number of hydrogen-bond acceptors (Lipinski definition) is 3. The first kappa shape index (κ1) is 14.0. The van der Waals surface area contributed by atoms with Gasteiger partial charge in [0.2, 0.25) is 0 Å². The summed E-state index contributed by atoms with van der Waals surface area (Å²) in [6, 6.07) is 15.6. The van der Waals surface area contributed by atoms with Crippen molar-refractivity contribution < 1.29 is 4.92 Å². The van der Waals surface area contributed by atoms with Gasteiger partial charge in [0.1, 0.15) is 0 Å². The molecule has 98 valence electrons. The smallest absolute Gasteiger partial charge is 0.258 e. The van der Waals surface area contributed by atoms with Crippen molar-refractivity contribution >= 4 is 33.3 Å². The zero-order chi connectivity index (χ0) is 14.5. The van der Waals surface area contributed by atoms with Crippen LogP contribution in [-0.4, -0.2) is 4.92 Å². The number of rotatable bonds is 3. The molecule has 2 rings (SSSR count). The normalized spacial score (nSPS) is 10.9. The first-order chi connectivity index (χ1) is 9.60. The maximum absolute atomic E-state index is 10.8. The SMILES string of the molecule is N#CC(=Cc1ccc(Br)cc1)c1cccc([N+](=O)[O-])c1. The molecular formula is C15H9BrN2O2. The van der Waals surface area contributed by atoms with Gasteiger partial charge in [-0.05, 0) is 29.3 Å². The van der Waals surface area contributed by atoms with Gasteiger partial charge < -0.3 is 0 Å². The number of nitriles is 1. The molecule has 0 aliphatic heterocycles. The van der Waals surface area contributed by atoms with Gasteiger partial charge in [0.05, 0.1) is 16.6 Å². The summed E-state index contributed by atoms with van der Waals surface area (Å²) < 4.78 is 0.948. The van der Waals surface area contributed by atoms with Crippen LogP contribution in [0.2, 0.25) is 0 Å². The predicted molar refractivity (Wildman–Crippen MR) is 80.7 cm³/mol. The van der Waals surface area contributed by atoms with Crippen molar-refractivity contribution in [3.8, 4) is 6.07 Å². The molecule has 0 spiro atoms. The molecule has 0 unspecified atom stereocenters. The van der Waals surface area contributed by atoms with Gasteiger partial charge in [-0.2, -0.15) is 5.26 Å². The Morgan fingerprint density at radius 3 is 2.55 bits per heavy atom. The summed E-state index contributed by atoms with van der Waals surface area (Å²) in [6.45, 7) is 0. The molecule has 0 saturated heterocycles. The van der Waals surface area contributed by atoms with E-state index in [1.165, 1.54) is 12.1 Å². The van der Waals surface area contributed by atoms with Crippen molar-refractivity contribution in [2.75, 3.05) is 0 Å². The van der Waals surface area contributed by atoms with Crippen LogP contribution in [0.15, 0.2) is 53.0 Å². The molecule has 0 heterocycles. The topological polar surface area (TPSA) is 66.9 Å². The predicted octanol–water partition coefficient (Wildman–Crippen LogP) is 4.42. The van der Waals surface area contributed by atoms with Crippen LogP contribution in [0.1, 0.15) is 11.1 Å². The summed E-state index contributed by atoms with van der Waals surface area (Å²) in [4.78, 5) is 10.3. The van der Waals surface area contributed by atoms with Gasteiger partial charge in [0, 0.05) is 16.6 Å². The van der Waals surface area contributed by atoms with Crippen molar-refractivity contribution in [1.82, 2.24) is 0 Å². The summed E-state index contributed by atoms with van der Waals surface area (Å²) in [5.74, 6) is 0. The van der Waals surface area contributed by atoms with E-state index in [4.69, 9.17) is 0 Å². The number of halogens is 1. The number of benzene rings is 2. The maximum Gasteiger partial charge on any atom is 0.270 e. The number of nitro groups is 1. The molecule has 0 aromatic heterocycles. The van der Waals surface area contributed by atoms with Gasteiger partial charge >= 0.3 is 0 Å². The fourth-order valence-corrected chi connectivity index (χ4v) is 1.96. The van der Waals surface area contributed by atoms with Crippen LogP contribution in [0.5, 0.6) is 0 Å². The summed E-state index contributed by atoms with van der Waals surface area (Å²) >= 11 is 3.34. The minimum absolute atomic E-state index is 0.0283. The quantitative estimate of drug-likeness (QED) is 0.362. The van der Waals surface area contributed by atoms with E-state index in [0.29, 0.717) is 11.1 Å². The molecule has 4 nitrogen and oxygen atoms in total. The minimum Gasteiger partial charge on any atom is -0.258 e. The molecule has 0 radical (unpaired) electrons. The van der Waals surface area contributed by atoms with E-state index in [-0.39, 0.29) is 5.69 Å². The molecule has 0 N–H and O–H groups in total. The number of hydrogen-bond donors (Lipinski definition) is 0. The molecule has 0 fully saturated rings. The summed E-state index contributed by atoms with van der Waals surface area (Å²) in [5.41, 5.74) is 1.75. The highest BCUT2D eigenvalue weighted by atomic mass is 79.9. The van der Waals surface area contributed by atoms with Gasteiger partial charge in [-0.3, -0.25) is 10.1 Å². The molecule has 5 heteroatoms. The van der Waals surface area contributed by atoms with E-state index in [1.807, 2.05) is 24.3 Å². The molecule has 0 atom stereocenters. The lowest BCUT2D eigenvalue weighted by atomic mass is 10.0. The molecule has 0 aliphatic rings. The Labute approximate surface area is 124 Å². The number of non-ortho nitro benzene ring substituents is 1. The van der Waals surface area contributed by atoms with Crippen LogP contribution in [0, 0.1) is 21.4 Å². The second kappa shape index (κ2) is 6.13. The highest BCUT2D eigenvalue weighted by molar-refractivity contribution is 9.10. The third-order valence-electron chi connectivity index (χ3n) is 2.67. The number of nitro benzene ring substituents is 1. The van der Waals surface area contributed by atoms with Crippen molar-refractivity contribution in [3.05, 3.63) is 74.2 Å². The van der Waals surface area contributed by atoms with E-state index < -0.39 is 4.92 Å². The molecular weight excluding hydrogens is 320 g/mol. The third kappa shape index (κ3) is 3.31. The average Bonchev–Trinajstić information content (AvgIpc) is 2.46. The summed E-state index contributed by atoms with van der Waals surface area (Å²) in [6.07, 6.45) is 1.70. The van der Waals surface area contributed by atoms with Gasteiger partial charge in [-0.1, -0.05) is 40.2 Å². The Balaban J connectivity index is 2.42. The lowest BCUT2D eigenvalue weighted by Gasteiger charge is -2.00. The second-order valence-corrected chi connectivity index (χ2v) is 4.94. The zero-order valence-electron chi connectivity index (χ0n) is 10.3. The molecule has 0 saturated carbocycles. The molecule has 2 aromatic carbocycles. The third-order valence-corrected chi connectivity index (χ3v) is 3.20. The van der Waals surface area contributed by atoms with E-state index in [9.17, 15) is 15.4 Å². The molecule has 20 heavy (non-hydrogen) atoms. The largest absolute Gasteiger partial charge is 0.270 e. The average molecular weight is 329 g/mol. The van der Waals surface area contributed by atoms with Crippen molar-refractivity contribution in [1.29, 1.82) is 5.26 Å². The van der Waals surface area contributed by atoms with Crippen molar-refractivity contribution in [2.24, 2.45) is 0 Å². The van der Waals surface area contributed by atoms with Crippen LogP contribution in [0.25, 0.3) is 11.6 Å². The van der Waals surface area contributed by atoms with E-state index in [0.717, 1.165) is 10.0 Å². The number of nitrogens with zero attached hydrogens (tertiary/aromatic N) is 2. The van der Waals surface area contributed by atoms with Gasteiger partial charge in [0.25, 0.3) is 5.69 Å². The lowest BCUT2D eigenvalue weighted by Crippen LogP contribution is -1.89. The minimum atomic E-state index is -0.474. The van der Waals surface area contributed by atoms with E-state index in [1.54, 1.807) is 18.2 Å². The fourth-order valence-electron chi connectivity index (χ4n) is 1.69. The van der Waals surface area contributed by atoms with Gasteiger partial charge in [-0.25, -0.2) is 0 Å². The van der Waals surface area contributed by atoms with Crippen molar-refractivity contribution in [2.45, 2.75) is 0 Å². The van der Waals surface area contributed by atoms with Gasteiger partial charge in [0.15, 0.2) is 0 Å². The molecule has 0 aliphatic carbocycles. The Kier molecular flexibility index (Phi) is 4.28. The fraction of sp³-hybridized carbons (Fsp3) is 0. The summed E-state index contributed by atoms with van der Waals surface area (Å²) in [5, 5.41) is 20.0. The van der Waals surface area contributed by atoms with Crippen molar-refractivity contribution in [3.63, 3.8) is 0 Å². The monoisotopic (exact) mass is 328 g/mol. The molecule has 0 bridgehead atoms. The van der Waals surface area contributed by atoms with Crippen LogP contribution in [-0.2, 0) is 0 Å². The molecule has 2 aromatic rings. The van der Waals surface area contributed by atoms with E-state index in [2.05, 4.69) is 22.0 Å². The Morgan fingerprint density at radius 2 is 1.95 bits per heavy atom. The molecule has 0 amide bonds. The van der Waals surface area contributed by atoms with Crippen LogP contribution in [0.4, 0.5) is 5.69 Å². The highest BCUT2D eigenvalue weighted by Gasteiger charge is 2.08.